The largest absolute Gasteiger partial charge is 0.379 e. The summed E-state index contributed by atoms with van der Waals surface area (Å²) >= 11 is 0. The number of carbonyl (C=O) groups is 1. The van der Waals surface area contributed by atoms with Gasteiger partial charge in [0.15, 0.2) is 0 Å². The summed E-state index contributed by atoms with van der Waals surface area (Å²) in [5.74, 6) is -0.677. The molecule has 3 rings (SSSR count). The summed E-state index contributed by atoms with van der Waals surface area (Å²) in [6, 6.07) is 4.85. The maximum Gasteiger partial charge on any atom is 0.250 e. The van der Waals surface area contributed by atoms with Crippen molar-refractivity contribution < 1.29 is 9.28 Å². The number of aryl methyl sites for hydroxylation is 1. The van der Waals surface area contributed by atoms with Crippen molar-refractivity contribution in [1.82, 2.24) is 14.8 Å². The van der Waals surface area contributed by atoms with E-state index in [9.17, 15) is 4.79 Å². The molecule has 9 heteroatoms. The Kier molecular flexibility index (Phi) is 5.46. The van der Waals surface area contributed by atoms with Gasteiger partial charge in [0.25, 0.3) is 0 Å². The molecule has 1 aromatic carbocycles. The third-order valence-corrected chi connectivity index (χ3v) is 4.75. The van der Waals surface area contributed by atoms with E-state index in [4.69, 9.17) is 11.5 Å². The number of halogens is 1. The number of nitrogens with two attached hydrogens (primary N) is 2. The summed E-state index contributed by atoms with van der Waals surface area (Å²) < 4.78 is 17.3. The predicted octanol–water partition coefficient (Wildman–Crippen LogP) is 2.63. The number of rotatable bonds is 7. The number of amides is 1. The molecule has 0 spiro atoms. The summed E-state index contributed by atoms with van der Waals surface area (Å²) in [4.78, 5) is 15.4. The van der Waals surface area contributed by atoms with Crippen LogP contribution in [0.2, 0.25) is 0 Å². The standard InChI is InChI=1S/C19H24FN7O/c1-4-15(11(2)21)25-16-5-6-17-14(10-24-26(17)3)18(16)27(20)13-7-12(19(22)28)8-23-9-13/h5-11,15,25H,4,21H2,1-3H3,(H2,22,28)/t11-,15+/m0/s1. The van der Waals surface area contributed by atoms with Gasteiger partial charge >= 0.3 is 0 Å². The monoisotopic (exact) mass is 385 g/mol. The molecule has 0 bridgehead atoms. The molecule has 0 radical (unpaired) electrons. The predicted molar refractivity (Wildman–Crippen MR) is 108 cm³/mol. The molecule has 0 unspecified atom stereocenters. The zero-order valence-electron chi connectivity index (χ0n) is 16.1. The number of primary amides is 1. The van der Waals surface area contributed by atoms with Gasteiger partial charge in [0, 0.05) is 30.7 Å². The Balaban J connectivity index is 2.15. The van der Waals surface area contributed by atoms with Crippen LogP contribution in [0.1, 0.15) is 30.6 Å². The van der Waals surface area contributed by atoms with E-state index in [1.807, 2.05) is 19.9 Å². The molecule has 148 valence electrons. The van der Waals surface area contributed by atoms with Crippen LogP contribution in [0, 0.1) is 0 Å². The number of pyridine rings is 1. The third-order valence-electron chi connectivity index (χ3n) is 4.75. The first kappa shape index (κ1) is 19.6. The molecule has 8 nitrogen and oxygen atoms in total. The Labute approximate surface area is 162 Å². The van der Waals surface area contributed by atoms with Crippen molar-refractivity contribution in [1.29, 1.82) is 0 Å². The first-order valence-corrected chi connectivity index (χ1v) is 9.01. The van der Waals surface area contributed by atoms with Gasteiger partial charge in [-0.1, -0.05) is 11.4 Å². The van der Waals surface area contributed by atoms with Crippen LogP contribution in [-0.4, -0.2) is 32.8 Å². The molecule has 5 N–H and O–H groups in total. The van der Waals surface area contributed by atoms with Crippen molar-refractivity contribution in [3.63, 3.8) is 0 Å². The Morgan fingerprint density at radius 3 is 2.75 bits per heavy atom. The molecule has 0 aliphatic carbocycles. The van der Waals surface area contributed by atoms with Gasteiger partial charge in [-0.2, -0.15) is 10.2 Å². The van der Waals surface area contributed by atoms with Crippen molar-refractivity contribution in [2.75, 3.05) is 10.4 Å². The summed E-state index contributed by atoms with van der Waals surface area (Å²) in [5, 5.41) is 8.66. The van der Waals surface area contributed by atoms with Crippen LogP contribution in [0.15, 0.2) is 36.8 Å². The summed E-state index contributed by atoms with van der Waals surface area (Å²) in [6.45, 7) is 3.91. The van der Waals surface area contributed by atoms with Gasteiger partial charge in [-0.05, 0) is 31.5 Å². The van der Waals surface area contributed by atoms with Crippen molar-refractivity contribution in [2.24, 2.45) is 18.5 Å². The molecular formula is C19H24FN7O. The molecule has 1 amide bonds. The van der Waals surface area contributed by atoms with Crippen LogP contribution in [0.4, 0.5) is 21.5 Å². The first-order chi connectivity index (χ1) is 13.3. The Morgan fingerprint density at radius 1 is 1.36 bits per heavy atom. The maximum atomic E-state index is 15.6. The van der Waals surface area contributed by atoms with E-state index < -0.39 is 5.91 Å². The van der Waals surface area contributed by atoms with Crippen molar-refractivity contribution in [3.8, 4) is 0 Å². The van der Waals surface area contributed by atoms with Gasteiger partial charge < -0.3 is 16.8 Å². The topological polar surface area (TPSA) is 115 Å². The van der Waals surface area contributed by atoms with Gasteiger partial charge in [0.1, 0.15) is 5.69 Å². The average molecular weight is 385 g/mol. The molecule has 0 saturated carbocycles. The van der Waals surface area contributed by atoms with Gasteiger partial charge in [-0.25, -0.2) is 0 Å². The van der Waals surface area contributed by atoms with E-state index in [-0.39, 0.29) is 29.0 Å². The zero-order chi connectivity index (χ0) is 20.4. The molecule has 2 heterocycles. The SMILES string of the molecule is CC[C@@H](Nc1ccc2c(cnn2C)c1N(F)c1cncc(C(N)=O)c1)[C@H](C)N. The van der Waals surface area contributed by atoms with Crippen LogP contribution in [0.25, 0.3) is 10.9 Å². The molecule has 28 heavy (non-hydrogen) atoms. The lowest BCUT2D eigenvalue weighted by Crippen LogP contribution is -2.37. The minimum Gasteiger partial charge on any atom is -0.379 e. The number of benzene rings is 1. The van der Waals surface area contributed by atoms with Crippen molar-refractivity contribution >= 4 is 33.9 Å². The zero-order valence-corrected chi connectivity index (χ0v) is 16.1. The number of hydrogen-bond donors (Lipinski definition) is 3. The van der Waals surface area contributed by atoms with Gasteiger partial charge in [0.05, 0.1) is 34.8 Å². The van der Waals surface area contributed by atoms with Gasteiger partial charge in [0.2, 0.25) is 5.91 Å². The Morgan fingerprint density at radius 2 is 2.11 bits per heavy atom. The molecule has 0 fully saturated rings. The van der Waals surface area contributed by atoms with Crippen LogP contribution in [-0.2, 0) is 7.05 Å². The fourth-order valence-electron chi connectivity index (χ4n) is 3.15. The highest BCUT2D eigenvalue weighted by atomic mass is 19.2. The molecule has 2 atom stereocenters. The lowest BCUT2D eigenvalue weighted by molar-refractivity contribution is 0.1000. The Bertz CT molecular complexity index is 1000. The Hall–Kier alpha value is -3.20. The molecule has 3 aromatic rings. The number of anilines is 3. The summed E-state index contributed by atoms with van der Waals surface area (Å²) in [5.41, 5.74) is 13.2. The molecule has 0 saturated heterocycles. The summed E-state index contributed by atoms with van der Waals surface area (Å²) in [6.07, 6.45) is 4.99. The van der Waals surface area contributed by atoms with E-state index in [1.165, 1.54) is 18.5 Å². The quantitative estimate of drug-likeness (QED) is 0.539. The smallest absolute Gasteiger partial charge is 0.250 e. The van der Waals surface area contributed by atoms with E-state index in [1.54, 1.807) is 24.0 Å². The number of nitrogens with one attached hydrogen (secondary N) is 1. The second kappa shape index (κ2) is 7.81. The molecular weight excluding hydrogens is 361 g/mol. The van der Waals surface area contributed by atoms with Crippen molar-refractivity contribution in [2.45, 2.75) is 32.4 Å². The average Bonchev–Trinajstić information content (AvgIpc) is 3.06. The number of nitrogens with zero attached hydrogens (tertiary/aromatic N) is 4. The van der Waals surface area contributed by atoms with E-state index in [0.29, 0.717) is 16.2 Å². The highest BCUT2D eigenvalue weighted by Crippen LogP contribution is 2.39. The van der Waals surface area contributed by atoms with Gasteiger partial charge in [-0.15, -0.1) is 0 Å². The lowest BCUT2D eigenvalue weighted by Gasteiger charge is -2.26. The first-order valence-electron chi connectivity index (χ1n) is 9.01. The van der Waals surface area contributed by atoms with Crippen LogP contribution < -0.4 is 21.9 Å². The van der Waals surface area contributed by atoms with Crippen LogP contribution in [0.5, 0.6) is 0 Å². The van der Waals surface area contributed by atoms with E-state index in [2.05, 4.69) is 15.4 Å². The van der Waals surface area contributed by atoms with Gasteiger partial charge in [-0.3, -0.25) is 14.5 Å². The molecule has 0 aliphatic heterocycles. The summed E-state index contributed by atoms with van der Waals surface area (Å²) in [7, 11) is 1.79. The number of carbonyl (C=O) groups excluding carboxylic acids is 1. The normalized spacial score (nSPS) is 13.3. The number of aromatic nitrogens is 3. The van der Waals surface area contributed by atoms with Crippen molar-refractivity contribution in [3.05, 3.63) is 42.4 Å². The number of fused-ring (bicyclic) bond motifs is 1. The highest BCUT2D eigenvalue weighted by Gasteiger charge is 2.22. The molecule has 0 aliphatic rings. The maximum absolute atomic E-state index is 15.6. The van der Waals surface area contributed by atoms with Crippen LogP contribution >= 0.6 is 0 Å². The van der Waals surface area contributed by atoms with E-state index >= 15 is 4.48 Å². The number of hydrogen-bond acceptors (Lipinski definition) is 6. The fourth-order valence-corrected chi connectivity index (χ4v) is 3.15. The minimum absolute atomic E-state index is 0.0450. The van der Waals surface area contributed by atoms with E-state index in [0.717, 1.165) is 11.9 Å². The molecule has 2 aromatic heterocycles. The second-order valence-corrected chi connectivity index (χ2v) is 6.76. The van der Waals surface area contributed by atoms with Crippen LogP contribution in [0.3, 0.4) is 0 Å². The lowest BCUT2D eigenvalue weighted by atomic mass is 10.1. The fraction of sp³-hybridized carbons (Fsp3) is 0.316. The highest BCUT2D eigenvalue weighted by molar-refractivity contribution is 6.01. The minimum atomic E-state index is -0.677. The third kappa shape index (κ3) is 3.61. The second-order valence-electron chi connectivity index (χ2n) is 6.76.